The van der Waals surface area contributed by atoms with Crippen LogP contribution in [0.3, 0.4) is 0 Å². The van der Waals surface area contributed by atoms with Gasteiger partial charge in [-0.1, -0.05) is 6.92 Å². The van der Waals surface area contributed by atoms with Gasteiger partial charge in [0.1, 0.15) is 0 Å². The standard InChI is InChI=1S/C12H13F3O2/c1-4-12(2,3)11(16)17-8-6-5-7(13)9(14)10(8)15/h5-6H,4H2,1-3H3. The van der Waals surface area contributed by atoms with E-state index >= 15 is 0 Å². The van der Waals surface area contributed by atoms with E-state index in [0.717, 1.165) is 6.07 Å². The van der Waals surface area contributed by atoms with Crippen LogP contribution in [0.25, 0.3) is 0 Å². The van der Waals surface area contributed by atoms with E-state index in [-0.39, 0.29) is 0 Å². The SMILES string of the molecule is CCC(C)(C)C(=O)Oc1ccc(F)c(F)c1F. The molecular formula is C12H13F3O2. The summed E-state index contributed by atoms with van der Waals surface area (Å²) >= 11 is 0. The molecule has 0 aliphatic heterocycles. The molecule has 0 radical (unpaired) electrons. The first-order chi connectivity index (χ1) is 7.79. The van der Waals surface area contributed by atoms with E-state index in [1.807, 2.05) is 0 Å². The van der Waals surface area contributed by atoms with Crippen molar-refractivity contribution in [3.05, 3.63) is 29.6 Å². The third kappa shape index (κ3) is 2.78. The summed E-state index contributed by atoms with van der Waals surface area (Å²) in [6.07, 6.45) is 0.483. The molecule has 0 heterocycles. The average molecular weight is 246 g/mol. The highest BCUT2D eigenvalue weighted by Gasteiger charge is 2.29. The van der Waals surface area contributed by atoms with Gasteiger partial charge >= 0.3 is 5.97 Å². The van der Waals surface area contributed by atoms with Crippen LogP contribution in [0.2, 0.25) is 0 Å². The van der Waals surface area contributed by atoms with E-state index in [2.05, 4.69) is 0 Å². The van der Waals surface area contributed by atoms with Crippen molar-refractivity contribution in [2.75, 3.05) is 0 Å². The predicted molar refractivity (Wildman–Crippen MR) is 56.0 cm³/mol. The summed E-state index contributed by atoms with van der Waals surface area (Å²) in [6.45, 7) is 5.00. The first-order valence-corrected chi connectivity index (χ1v) is 5.15. The molecule has 1 aromatic rings. The molecule has 17 heavy (non-hydrogen) atoms. The number of carbonyl (C=O) groups is 1. The van der Waals surface area contributed by atoms with Crippen LogP contribution in [-0.4, -0.2) is 5.97 Å². The molecule has 5 heteroatoms. The molecular weight excluding hydrogens is 233 g/mol. The third-order valence-corrected chi connectivity index (χ3v) is 2.64. The molecule has 0 aliphatic carbocycles. The van der Waals surface area contributed by atoms with Gasteiger partial charge in [-0.25, -0.2) is 8.78 Å². The molecule has 0 bridgehead atoms. The van der Waals surface area contributed by atoms with Gasteiger partial charge in [0.15, 0.2) is 17.4 Å². The van der Waals surface area contributed by atoms with Crippen molar-refractivity contribution >= 4 is 5.97 Å². The maximum atomic E-state index is 13.2. The second-order valence-electron chi connectivity index (χ2n) is 4.30. The second kappa shape index (κ2) is 4.77. The number of benzene rings is 1. The molecule has 0 atom stereocenters. The molecule has 0 spiro atoms. The molecule has 0 amide bonds. The Kier molecular flexibility index (Phi) is 3.80. The molecule has 94 valence electrons. The van der Waals surface area contributed by atoms with Gasteiger partial charge in [-0.2, -0.15) is 4.39 Å². The topological polar surface area (TPSA) is 26.3 Å². The molecule has 0 saturated heterocycles. The monoisotopic (exact) mass is 246 g/mol. The van der Waals surface area contributed by atoms with Gasteiger partial charge in [0, 0.05) is 0 Å². The summed E-state index contributed by atoms with van der Waals surface area (Å²) in [5.74, 6) is -5.76. The van der Waals surface area contributed by atoms with Gasteiger partial charge in [0.05, 0.1) is 5.41 Å². The zero-order chi connectivity index (χ0) is 13.2. The zero-order valence-electron chi connectivity index (χ0n) is 9.81. The molecule has 2 nitrogen and oxygen atoms in total. The largest absolute Gasteiger partial charge is 0.423 e. The van der Waals surface area contributed by atoms with E-state index < -0.39 is 34.6 Å². The lowest BCUT2D eigenvalue weighted by Crippen LogP contribution is -2.28. The highest BCUT2D eigenvalue weighted by Crippen LogP contribution is 2.27. The first kappa shape index (κ1) is 13.5. The molecule has 0 aromatic heterocycles. The van der Waals surface area contributed by atoms with E-state index in [1.165, 1.54) is 0 Å². The van der Waals surface area contributed by atoms with Crippen LogP contribution in [0, 0.1) is 22.9 Å². The Labute approximate surface area is 97.4 Å². The summed E-state index contributed by atoms with van der Waals surface area (Å²) in [5, 5.41) is 0. The Morgan fingerprint density at radius 1 is 1.24 bits per heavy atom. The number of hydrogen-bond donors (Lipinski definition) is 0. The number of rotatable bonds is 3. The van der Waals surface area contributed by atoms with Gasteiger partial charge in [0.2, 0.25) is 5.82 Å². The highest BCUT2D eigenvalue weighted by molar-refractivity contribution is 5.78. The lowest BCUT2D eigenvalue weighted by Gasteiger charge is -2.20. The summed E-state index contributed by atoms with van der Waals surface area (Å²) < 4.78 is 43.5. The lowest BCUT2D eigenvalue weighted by atomic mass is 9.91. The minimum atomic E-state index is -1.65. The van der Waals surface area contributed by atoms with Gasteiger partial charge in [-0.15, -0.1) is 0 Å². The normalized spacial score (nSPS) is 11.4. The van der Waals surface area contributed by atoms with Gasteiger partial charge in [-0.3, -0.25) is 4.79 Å². The Balaban J connectivity index is 2.98. The van der Waals surface area contributed by atoms with E-state index in [9.17, 15) is 18.0 Å². The van der Waals surface area contributed by atoms with Crippen molar-refractivity contribution in [2.24, 2.45) is 5.41 Å². The highest BCUT2D eigenvalue weighted by atomic mass is 19.2. The lowest BCUT2D eigenvalue weighted by molar-refractivity contribution is -0.144. The summed E-state index contributed by atoms with van der Waals surface area (Å²) in [4.78, 5) is 11.6. The van der Waals surface area contributed by atoms with Crippen LogP contribution in [0.1, 0.15) is 27.2 Å². The maximum Gasteiger partial charge on any atom is 0.316 e. The smallest absolute Gasteiger partial charge is 0.316 e. The quantitative estimate of drug-likeness (QED) is 0.464. The fourth-order valence-corrected chi connectivity index (χ4v) is 0.969. The molecule has 0 unspecified atom stereocenters. The predicted octanol–water partition coefficient (Wildman–Crippen LogP) is 3.45. The minimum absolute atomic E-state index is 0.483. The van der Waals surface area contributed by atoms with Crippen molar-refractivity contribution in [2.45, 2.75) is 27.2 Å². The number of esters is 1. The Hall–Kier alpha value is -1.52. The van der Waals surface area contributed by atoms with E-state index in [1.54, 1.807) is 20.8 Å². The fourth-order valence-electron chi connectivity index (χ4n) is 0.969. The van der Waals surface area contributed by atoms with Crippen molar-refractivity contribution in [3.63, 3.8) is 0 Å². The number of ether oxygens (including phenoxy) is 1. The first-order valence-electron chi connectivity index (χ1n) is 5.15. The molecule has 0 saturated carbocycles. The molecule has 0 N–H and O–H groups in total. The summed E-state index contributed by atoms with van der Waals surface area (Å²) in [5.41, 5.74) is -0.808. The van der Waals surface area contributed by atoms with Crippen LogP contribution < -0.4 is 4.74 Å². The summed E-state index contributed by atoms with van der Waals surface area (Å²) in [6, 6.07) is 1.59. The van der Waals surface area contributed by atoms with Crippen molar-refractivity contribution in [3.8, 4) is 5.75 Å². The van der Waals surface area contributed by atoms with E-state index in [4.69, 9.17) is 4.74 Å². The number of halogens is 3. The molecule has 1 aromatic carbocycles. The Morgan fingerprint density at radius 2 is 1.82 bits per heavy atom. The van der Waals surface area contributed by atoms with Crippen LogP contribution in [0.15, 0.2) is 12.1 Å². The molecule has 0 aliphatic rings. The Morgan fingerprint density at radius 3 is 2.35 bits per heavy atom. The third-order valence-electron chi connectivity index (χ3n) is 2.64. The van der Waals surface area contributed by atoms with Crippen LogP contribution in [0.5, 0.6) is 5.75 Å². The number of carbonyl (C=O) groups excluding carboxylic acids is 1. The molecule has 0 fully saturated rings. The van der Waals surface area contributed by atoms with Crippen LogP contribution in [0.4, 0.5) is 13.2 Å². The van der Waals surface area contributed by atoms with Crippen LogP contribution in [-0.2, 0) is 4.79 Å². The van der Waals surface area contributed by atoms with Crippen molar-refractivity contribution in [1.82, 2.24) is 0 Å². The van der Waals surface area contributed by atoms with Gasteiger partial charge < -0.3 is 4.74 Å². The van der Waals surface area contributed by atoms with Gasteiger partial charge in [0.25, 0.3) is 0 Å². The average Bonchev–Trinajstić information content (AvgIpc) is 2.29. The summed E-state index contributed by atoms with van der Waals surface area (Å²) in [7, 11) is 0. The van der Waals surface area contributed by atoms with Crippen LogP contribution >= 0.6 is 0 Å². The van der Waals surface area contributed by atoms with E-state index in [0.29, 0.717) is 12.5 Å². The maximum absolute atomic E-state index is 13.2. The Bertz CT molecular complexity index is 442. The number of hydrogen-bond acceptors (Lipinski definition) is 2. The zero-order valence-corrected chi connectivity index (χ0v) is 9.81. The molecule has 1 rings (SSSR count). The van der Waals surface area contributed by atoms with Crippen molar-refractivity contribution in [1.29, 1.82) is 0 Å². The van der Waals surface area contributed by atoms with Gasteiger partial charge in [-0.05, 0) is 32.4 Å². The minimum Gasteiger partial charge on any atom is -0.423 e. The second-order valence-corrected chi connectivity index (χ2v) is 4.30. The fraction of sp³-hybridized carbons (Fsp3) is 0.417. The van der Waals surface area contributed by atoms with Crippen molar-refractivity contribution < 1.29 is 22.7 Å².